The van der Waals surface area contributed by atoms with Gasteiger partial charge in [-0.25, -0.2) is 0 Å². The molecule has 0 N–H and O–H groups in total. The third kappa shape index (κ3) is 8.83. The van der Waals surface area contributed by atoms with Crippen LogP contribution in [0.1, 0.15) is 0 Å². The van der Waals surface area contributed by atoms with Crippen molar-refractivity contribution in [2.75, 3.05) is 0 Å². The maximum atomic E-state index is 2.76. The van der Waals surface area contributed by atoms with Crippen LogP contribution < -0.4 is 46.5 Å². The van der Waals surface area contributed by atoms with Crippen LogP contribution in [0.25, 0.3) is 0 Å². The molecule has 0 aliphatic carbocycles. The van der Waals surface area contributed by atoms with Crippen LogP contribution in [0.3, 0.4) is 0 Å². The molecule has 0 saturated heterocycles. The van der Waals surface area contributed by atoms with Crippen molar-refractivity contribution >= 4 is 13.0 Å². The standard InChI is InChI=1S/Ag.2BrH.Na/h;2*1H;/q+1;;;+1/p-2. The molecular formula is AgBr2Na. The average Bonchev–Trinajstić information content (AvgIpc) is 1.00. The molecular weight excluding hydrogens is 291 g/mol. The fourth-order valence-corrected chi connectivity index (χ4v) is 0. The zero-order chi connectivity index (χ0) is 2.00. The Labute approximate surface area is 77.0 Å². The molecule has 0 saturated carbocycles. The van der Waals surface area contributed by atoms with Crippen molar-refractivity contribution in [3.8, 4) is 0 Å². The molecule has 0 atom stereocenters. The van der Waals surface area contributed by atoms with Crippen molar-refractivity contribution in [3.63, 3.8) is 0 Å². The molecule has 0 radical (unpaired) electrons. The van der Waals surface area contributed by atoms with Crippen molar-refractivity contribution in [2.45, 2.75) is 0 Å². The van der Waals surface area contributed by atoms with Gasteiger partial charge in [0.25, 0.3) is 0 Å². The van der Waals surface area contributed by atoms with Crippen molar-refractivity contribution in [2.24, 2.45) is 0 Å². The summed E-state index contributed by atoms with van der Waals surface area (Å²) >= 11 is 5.51. The Morgan fingerprint density at radius 1 is 1.25 bits per heavy atom. The summed E-state index contributed by atoms with van der Waals surface area (Å²) in [5.41, 5.74) is 0. The summed E-state index contributed by atoms with van der Waals surface area (Å²) in [6, 6.07) is 0. The predicted octanol–water partition coefficient (Wildman–Crippen LogP) is -5.15. The van der Waals surface area contributed by atoms with Gasteiger partial charge in [-0.15, -0.1) is 0 Å². The van der Waals surface area contributed by atoms with Crippen LogP contribution in [-0.4, -0.2) is 0 Å². The molecule has 0 aromatic carbocycles. The topological polar surface area (TPSA) is 0 Å². The number of rotatable bonds is 0. The van der Waals surface area contributed by atoms with Gasteiger partial charge in [-0.2, -0.15) is 0 Å². The molecule has 0 aliphatic heterocycles. The Morgan fingerprint density at radius 2 is 1.25 bits per heavy atom. The second kappa shape index (κ2) is 17.3. The van der Waals surface area contributed by atoms with Crippen LogP contribution in [0, 0.1) is 0 Å². The van der Waals surface area contributed by atoms with Gasteiger partial charge >= 0.3 is 61.5 Å². The van der Waals surface area contributed by atoms with E-state index >= 15 is 0 Å². The third-order valence-corrected chi connectivity index (χ3v) is 0. The summed E-state index contributed by atoms with van der Waals surface area (Å²) in [4.78, 5) is 0. The molecule has 0 aromatic heterocycles. The molecule has 0 heterocycles. The van der Waals surface area contributed by atoms with Gasteiger partial charge in [0.1, 0.15) is 0 Å². The SMILES string of the molecule is [Br-].[Br][Ag].[Na+]. The van der Waals surface area contributed by atoms with Crippen LogP contribution in [-0.2, 0) is 18.9 Å². The average molecular weight is 291 g/mol. The van der Waals surface area contributed by atoms with E-state index in [-0.39, 0.29) is 46.5 Å². The van der Waals surface area contributed by atoms with Crippen molar-refractivity contribution in [1.29, 1.82) is 0 Å². The van der Waals surface area contributed by atoms with Crippen LogP contribution >= 0.6 is 13.0 Å². The van der Waals surface area contributed by atoms with E-state index in [2.05, 4.69) is 32.0 Å². The van der Waals surface area contributed by atoms with E-state index in [1.54, 1.807) is 0 Å². The Kier molecular flexibility index (Phi) is 68.7. The summed E-state index contributed by atoms with van der Waals surface area (Å²) in [5.74, 6) is 0. The Morgan fingerprint density at radius 3 is 1.25 bits per heavy atom. The fraction of sp³-hybridized carbons (Fsp3) is 0. The predicted molar refractivity (Wildman–Crippen MR) is 8.93 cm³/mol. The molecule has 4 heteroatoms. The van der Waals surface area contributed by atoms with Crippen LogP contribution in [0.2, 0.25) is 0 Å². The minimum absolute atomic E-state index is 0. The van der Waals surface area contributed by atoms with E-state index < -0.39 is 0 Å². The molecule has 4 heavy (non-hydrogen) atoms. The normalized spacial score (nSPS) is 1.75. The maximum absolute atomic E-state index is 2.76. The maximum Gasteiger partial charge on any atom is 1.00 e. The molecule has 0 spiro atoms. The number of hydrogen-bond donors (Lipinski definition) is 0. The Bertz CT molecular complexity index is 6.00. The molecule has 0 unspecified atom stereocenters. The minimum Gasteiger partial charge on any atom is 1.00 e. The second-order valence-corrected chi connectivity index (χ2v) is 0. The van der Waals surface area contributed by atoms with Gasteiger partial charge in [0.15, 0.2) is 0 Å². The largest absolute Gasteiger partial charge is 1.00 e. The van der Waals surface area contributed by atoms with Crippen LogP contribution in [0.5, 0.6) is 0 Å². The summed E-state index contributed by atoms with van der Waals surface area (Å²) in [7, 11) is 0. The van der Waals surface area contributed by atoms with Gasteiger partial charge < -0.3 is 17.0 Å². The first kappa shape index (κ1) is 15.9. The summed E-state index contributed by atoms with van der Waals surface area (Å²) in [6.07, 6.45) is 0. The number of halogens is 2. The van der Waals surface area contributed by atoms with Gasteiger partial charge in [-0.3, -0.25) is 0 Å². The monoisotopic (exact) mass is 288 g/mol. The van der Waals surface area contributed by atoms with Crippen LogP contribution in [0.4, 0.5) is 0 Å². The van der Waals surface area contributed by atoms with E-state index in [1.165, 1.54) is 0 Å². The van der Waals surface area contributed by atoms with E-state index in [4.69, 9.17) is 0 Å². The van der Waals surface area contributed by atoms with Crippen LogP contribution in [0.15, 0.2) is 0 Å². The molecule has 0 amide bonds. The molecule has 26 valence electrons. The van der Waals surface area contributed by atoms with Gasteiger partial charge in [-0.05, 0) is 0 Å². The van der Waals surface area contributed by atoms with Gasteiger partial charge in [0.05, 0.1) is 0 Å². The third-order valence-electron chi connectivity index (χ3n) is 0. The summed E-state index contributed by atoms with van der Waals surface area (Å²) < 4.78 is 0. The zero-order valence-electron chi connectivity index (χ0n) is 2.06. The Balaban J connectivity index is -0.00000000500. The zero-order valence-corrected chi connectivity index (χ0v) is 8.71. The fourth-order valence-electron chi connectivity index (χ4n) is 0. The summed E-state index contributed by atoms with van der Waals surface area (Å²) in [5, 5.41) is 0. The van der Waals surface area contributed by atoms with E-state index in [0.717, 1.165) is 0 Å². The van der Waals surface area contributed by atoms with E-state index in [9.17, 15) is 0 Å². The van der Waals surface area contributed by atoms with Gasteiger partial charge in [-0.1, -0.05) is 0 Å². The molecule has 0 aliphatic rings. The molecule has 0 fully saturated rings. The smallest absolute Gasteiger partial charge is 1.00 e. The van der Waals surface area contributed by atoms with E-state index in [1.807, 2.05) is 0 Å². The summed E-state index contributed by atoms with van der Waals surface area (Å²) in [6.45, 7) is 0. The molecule has 0 aromatic rings. The first-order chi connectivity index (χ1) is 1.00. The van der Waals surface area contributed by atoms with Gasteiger partial charge in [0.2, 0.25) is 0 Å². The van der Waals surface area contributed by atoms with E-state index in [0.29, 0.717) is 0 Å². The second-order valence-electron chi connectivity index (χ2n) is 0. The van der Waals surface area contributed by atoms with Crippen molar-refractivity contribution in [3.05, 3.63) is 0 Å². The molecule has 0 rings (SSSR count). The Hall–Kier alpha value is 2.70. The minimum atomic E-state index is 0. The quantitative estimate of drug-likeness (QED) is 0.392. The molecule has 0 nitrogen and oxygen atoms in total. The van der Waals surface area contributed by atoms with Gasteiger partial charge in [0, 0.05) is 0 Å². The molecule has 0 bridgehead atoms. The van der Waals surface area contributed by atoms with Crippen molar-refractivity contribution in [1.82, 2.24) is 0 Å². The number of hydrogen-bond acceptors (Lipinski definition) is 0. The first-order valence-electron chi connectivity index (χ1n) is 0.114. The van der Waals surface area contributed by atoms with Crippen molar-refractivity contribution < 1.29 is 65.5 Å². The first-order valence-corrected chi connectivity index (χ1v) is 3.50.